The monoisotopic (exact) mass is 289 g/mol. The molecule has 7 nitrogen and oxygen atoms in total. The van der Waals surface area contributed by atoms with Crippen molar-refractivity contribution in [2.24, 2.45) is 5.84 Å². The number of nitrogens with zero attached hydrogens (tertiary/aromatic N) is 4. The summed E-state index contributed by atoms with van der Waals surface area (Å²) in [6.45, 7) is 8.92. The van der Waals surface area contributed by atoms with Crippen LogP contribution in [0.1, 0.15) is 38.1 Å². The lowest BCUT2D eigenvalue weighted by Gasteiger charge is -2.19. The van der Waals surface area contributed by atoms with E-state index in [0.29, 0.717) is 5.82 Å². The van der Waals surface area contributed by atoms with E-state index in [0.717, 1.165) is 23.8 Å². The van der Waals surface area contributed by atoms with Gasteiger partial charge in [0.1, 0.15) is 17.5 Å². The molecule has 2 aromatic rings. The molecule has 114 valence electrons. The van der Waals surface area contributed by atoms with Crippen LogP contribution in [0.5, 0.6) is 0 Å². The van der Waals surface area contributed by atoms with Gasteiger partial charge in [-0.15, -0.1) is 0 Å². The number of nitrogen functional groups attached to an aromatic ring is 1. The Labute approximate surface area is 124 Å². The molecule has 2 rings (SSSR count). The van der Waals surface area contributed by atoms with E-state index in [1.54, 1.807) is 6.20 Å². The van der Waals surface area contributed by atoms with Gasteiger partial charge in [-0.2, -0.15) is 5.10 Å². The normalized spacial score (nSPS) is 12.5. The van der Waals surface area contributed by atoms with Gasteiger partial charge in [0.25, 0.3) is 0 Å². The third-order valence-corrected chi connectivity index (χ3v) is 3.22. The molecular formula is C14H23N7. The molecule has 21 heavy (non-hydrogen) atoms. The van der Waals surface area contributed by atoms with E-state index in [9.17, 15) is 0 Å². The zero-order chi connectivity index (χ0) is 15.4. The van der Waals surface area contributed by atoms with Gasteiger partial charge >= 0.3 is 0 Å². The fraction of sp³-hybridized carbons (Fsp3) is 0.500. The maximum absolute atomic E-state index is 5.55. The van der Waals surface area contributed by atoms with E-state index >= 15 is 0 Å². The molecule has 0 aliphatic rings. The van der Waals surface area contributed by atoms with Gasteiger partial charge in [0.05, 0.1) is 6.54 Å². The third kappa shape index (κ3) is 3.69. The minimum absolute atomic E-state index is 0.184. The Morgan fingerprint density at radius 2 is 1.95 bits per heavy atom. The third-order valence-electron chi connectivity index (χ3n) is 3.22. The van der Waals surface area contributed by atoms with Crippen LogP contribution in [0.3, 0.4) is 0 Å². The number of hydrogen-bond donors (Lipinski definition) is 3. The van der Waals surface area contributed by atoms with Gasteiger partial charge in [-0.05, 0) is 19.9 Å². The topological polar surface area (TPSA) is 93.7 Å². The van der Waals surface area contributed by atoms with Crippen LogP contribution < -0.4 is 16.6 Å². The van der Waals surface area contributed by atoms with Crippen molar-refractivity contribution in [3.05, 3.63) is 29.8 Å². The number of anilines is 2. The van der Waals surface area contributed by atoms with Crippen LogP contribution in [0.15, 0.2) is 18.5 Å². The van der Waals surface area contributed by atoms with Crippen molar-refractivity contribution in [1.82, 2.24) is 19.7 Å². The molecule has 0 bridgehead atoms. The standard InChI is InChI=1S/C14H23N7/c1-9(2)12-18-13(11(4)14(19-12)20-15)17-10(3)8-21-7-5-6-16-21/h5-7,9-10H,8,15H2,1-4H3,(H2,17,18,19,20). The first-order chi connectivity index (χ1) is 10.0. The van der Waals surface area contributed by atoms with Crippen molar-refractivity contribution < 1.29 is 0 Å². The molecule has 0 saturated carbocycles. The summed E-state index contributed by atoms with van der Waals surface area (Å²) in [6, 6.07) is 2.10. The fourth-order valence-corrected chi connectivity index (χ4v) is 2.04. The predicted octanol–water partition coefficient (Wildman–Crippen LogP) is 1.89. The molecule has 0 fully saturated rings. The Hall–Kier alpha value is -2.15. The molecular weight excluding hydrogens is 266 g/mol. The fourth-order valence-electron chi connectivity index (χ4n) is 2.04. The molecule has 0 amide bonds. The molecule has 2 heterocycles. The van der Waals surface area contributed by atoms with Gasteiger partial charge in [-0.25, -0.2) is 15.8 Å². The average molecular weight is 289 g/mol. The smallest absolute Gasteiger partial charge is 0.148 e. The Morgan fingerprint density at radius 3 is 2.52 bits per heavy atom. The van der Waals surface area contributed by atoms with Crippen LogP contribution in [-0.2, 0) is 6.54 Å². The summed E-state index contributed by atoms with van der Waals surface area (Å²) in [6.07, 6.45) is 3.72. The van der Waals surface area contributed by atoms with Gasteiger partial charge in [0.2, 0.25) is 0 Å². The number of nitrogens with two attached hydrogens (primary N) is 1. The van der Waals surface area contributed by atoms with Gasteiger partial charge in [0, 0.05) is 29.9 Å². The molecule has 0 saturated heterocycles. The zero-order valence-corrected chi connectivity index (χ0v) is 13.0. The van der Waals surface area contributed by atoms with Crippen LogP contribution in [-0.4, -0.2) is 25.8 Å². The van der Waals surface area contributed by atoms with Crippen molar-refractivity contribution in [2.45, 2.75) is 46.2 Å². The van der Waals surface area contributed by atoms with Crippen LogP contribution >= 0.6 is 0 Å². The quantitative estimate of drug-likeness (QED) is 0.555. The van der Waals surface area contributed by atoms with Crippen LogP contribution in [0.4, 0.5) is 11.6 Å². The van der Waals surface area contributed by atoms with Gasteiger partial charge in [0.15, 0.2) is 0 Å². The lowest BCUT2D eigenvalue weighted by Crippen LogP contribution is -2.24. The largest absolute Gasteiger partial charge is 0.365 e. The first-order valence-electron chi connectivity index (χ1n) is 7.10. The van der Waals surface area contributed by atoms with E-state index < -0.39 is 0 Å². The average Bonchev–Trinajstić information content (AvgIpc) is 2.93. The Morgan fingerprint density at radius 1 is 1.24 bits per heavy atom. The summed E-state index contributed by atoms with van der Waals surface area (Å²) in [5, 5.41) is 7.62. The number of hydrogen-bond acceptors (Lipinski definition) is 6. The lowest BCUT2D eigenvalue weighted by atomic mass is 10.2. The highest BCUT2D eigenvalue weighted by atomic mass is 15.3. The highest BCUT2D eigenvalue weighted by Gasteiger charge is 2.14. The first-order valence-corrected chi connectivity index (χ1v) is 7.10. The Balaban J connectivity index is 2.19. The second-order valence-corrected chi connectivity index (χ2v) is 5.48. The highest BCUT2D eigenvalue weighted by Crippen LogP contribution is 2.23. The highest BCUT2D eigenvalue weighted by molar-refractivity contribution is 5.57. The SMILES string of the molecule is Cc1c(NN)nc(C(C)C)nc1NC(C)Cn1cccn1. The van der Waals surface area contributed by atoms with Gasteiger partial charge in [-0.1, -0.05) is 13.8 Å². The van der Waals surface area contributed by atoms with E-state index in [4.69, 9.17) is 5.84 Å². The maximum atomic E-state index is 5.55. The summed E-state index contributed by atoms with van der Waals surface area (Å²) in [7, 11) is 0. The number of aromatic nitrogens is 4. The molecule has 2 aromatic heterocycles. The maximum Gasteiger partial charge on any atom is 0.148 e. The van der Waals surface area contributed by atoms with Crippen molar-refractivity contribution in [1.29, 1.82) is 0 Å². The van der Waals surface area contributed by atoms with Crippen molar-refractivity contribution >= 4 is 11.6 Å². The van der Waals surface area contributed by atoms with Crippen molar-refractivity contribution in [2.75, 3.05) is 10.7 Å². The number of hydrazine groups is 1. The summed E-state index contributed by atoms with van der Waals surface area (Å²) in [5.74, 6) is 8.01. The zero-order valence-electron chi connectivity index (χ0n) is 13.0. The number of rotatable bonds is 6. The second-order valence-electron chi connectivity index (χ2n) is 5.48. The molecule has 0 aliphatic heterocycles. The van der Waals surface area contributed by atoms with E-state index in [-0.39, 0.29) is 12.0 Å². The van der Waals surface area contributed by atoms with Crippen LogP contribution in [0.25, 0.3) is 0 Å². The van der Waals surface area contributed by atoms with Crippen molar-refractivity contribution in [3.63, 3.8) is 0 Å². The molecule has 7 heteroatoms. The van der Waals surface area contributed by atoms with E-state index in [1.165, 1.54) is 0 Å². The first kappa shape index (κ1) is 15.2. The lowest BCUT2D eigenvalue weighted by molar-refractivity contribution is 0.559. The summed E-state index contributed by atoms with van der Waals surface area (Å²) >= 11 is 0. The molecule has 1 unspecified atom stereocenters. The minimum Gasteiger partial charge on any atom is -0.365 e. The van der Waals surface area contributed by atoms with E-state index in [1.807, 2.05) is 23.9 Å². The molecule has 0 spiro atoms. The summed E-state index contributed by atoms with van der Waals surface area (Å²) in [5.41, 5.74) is 3.55. The Kier molecular flexibility index (Phi) is 4.74. The van der Waals surface area contributed by atoms with Crippen LogP contribution in [0.2, 0.25) is 0 Å². The Bertz CT molecular complexity index is 577. The molecule has 0 aliphatic carbocycles. The molecule has 4 N–H and O–H groups in total. The van der Waals surface area contributed by atoms with Crippen molar-refractivity contribution in [3.8, 4) is 0 Å². The molecule has 0 radical (unpaired) electrons. The molecule has 0 aromatic carbocycles. The minimum atomic E-state index is 0.184. The predicted molar refractivity (Wildman–Crippen MR) is 84.0 cm³/mol. The second kappa shape index (κ2) is 6.53. The number of nitrogens with one attached hydrogen (secondary N) is 2. The summed E-state index contributed by atoms with van der Waals surface area (Å²) < 4.78 is 1.89. The summed E-state index contributed by atoms with van der Waals surface area (Å²) in [4.78, 5) is 9.03. The molecule has 1 atom stereocenters. The van der Waals surface area contributed by atoms with E-state index in [2.05, 4.69) is 46.6 Å². The van der Waals surface area contributed by atoms with Gasteiger partial charge < -0.3 is 10.7 Å². The van der Waals surface area contributed by atoms with Gasteiger partial charge in [-0.3, -0.25) is 4.68 Å². The van der Waals surface area contributed by atoms with Crippen LogP contribution in [0, 0.1) is 6.92 Å².